The summed E-state index contributed by atoms with van der Waals surface area (Å²) < 4.78 is 28.1. The molecule has 1 aromatic heterocycles. The van der Waals surface area contributed by atoms with Gasteiger partial charge in [0.05, 0.1) is 22.3 Å². The SMILES string of the molecule is O=C(CN(c1cnc2ccccc2c1)S(=O)(=O)c1cccc2ccccc12)NO. The Kier molecular flexibility index (Phi) is 4.87. The summed E-state index contributed by atoms with van der Waals surface area (Å²) in [6.45, 7) is -0.595. The number of carbonyl (C=O) groups excluding carboxylic acids is 1. The van der Waals surface area contributed by atoms with Gasteiger partial charge in [-0.25, -0.2) is 13.9 Å². The highest BCUT2D eigenvalue weighted by molar-refractivity contribution is 7.93. The fourth-order valence-corrected chi connectivity index (χ4v) is 4.83. The maximum absolute atomic E-state index is 13.6. The van der Waals surface area contributed by atoms with E-state index in [1.54, 1.807) is 30.3 Å². The third-order valence-electron chi connectivity index (χ3n) is 4.59. The maximum Gasteiger partial charge on any atom is 0.265 e. The Morgan fingerprint density at radius 2 is 1.66 bits per heavy atom. The van der Waals surface area contributed by atoms with Crippen LogP contribution in [0.2, 0.25) is 0 Å². The van der Waals surface area contributed by atoms with E-state index in [0.29, 0.717) is 10.9 Å². The van der Waals surface area contributed by atoms with E-state index in [4.69, 9.17) is 5.21 Å². The molecule has 29 heavy (non-hydrogen) atoms. The molecule has 146 valence electrons. The molecule has 0 aliphatic carbocycles. The van der Waals surface area contributed by atoms with Crippen LogP contribution in [0.15, 0.2) is 83.9 Å². The van der Waals surface area contributed by atoms with E-state index in [1.165, 1.54) is 17.7 Å². The zero-order valence-corrected chi connectivity index (χ0v) is 16.0. The third kappa shape index (κ3) is 3.51. The Morgan fingerprint density at radius 3 is 2.45 bits per heavy atom. The van der Waals surface area contributed by atoms with Crippen molar-refractivity contribution in [3.05, 3.63) is 79.0 Å². The number of pyridine rings is 1. The number of hydrogen-bond donors (Lipinski definition) is 2. The van der Waals surface area contributed by atoms with Crippen molar-refractivity contribution in [3.8, 4) is 0 Å². The molecule has 1 heterocycles. The molecule has 0 fully saturated rings. The Balaban J connectivity index is 1.90. The van der Waals surface area contributed by atoms with E-state index in [2.05, 4.69) is 4.98 Å². The zero-order valence-electron chi connectivity index (χ0n) is 15.2. The predicted molar refractivity (Wildman–Crippen MR) is 110 cm³/mol. The fraction of sp³-hybridized carbons (Fsp3) is 0.0476. The van der Waals surface area contributed by atoms with Gasteiger partial charge in [0.15, 0.2) is 0 Å². The minimum Gasteiger partial charge on any atom is -0.289 e. The fourth-order valence-electron chi connectivity index (χ4n) is 3.22. The average Bonchev–Trinajstić information content (AvgIpc) is 2.76. The van der Waals surface area contributed by atoms with Gasteiger partial charge in [-0.3, -0.25) is 19.3 Å². The van der Waals surface area contributed by atoms with Crippen molar-refractivity contribution in [2.75, 3.05) is 10.8 Å². The molecule has 8 heteroatoms. The van der Waals surface area contributed by atoms with Gasteiger partial charge in [0.25, 0.3) is 15.9 Å². The van der Waals surface area contributed by atoms with E-state index in [-0.39, 0.29) is 10.6 Å². The standard InChI is InChI=1S/C21H17N3O4S/c25-21(23-26)14-24(17-12-16-7-2-4-10-19(16)22-13-17)29(27,28)20-11-5-8-15-6-1-3-9-18(15)20/h1-13,26H,14H2,(H,23,25). The van der Waals surface area contributed by atoms with Crippen LogP contribution in [0.3, 0.4) is 0 Å². The molecule has 0 bridgehead atoms. The lowest BCUT2D eigenvalue weighted by Gasteiger charge is -2.24. The topological polar surface area (TPSA) is 99.6 Å². The van der Waals surface area contributed by atoms with Gasteiger partial charge in [0.1, 0.15) is 6.54 Å². The van der Waals surface area contributed by atoms with Gasteiger partial charge in [-0.1, -0.05) is 54.6 Å². The molecule has 7 nitrogen and oxygen atoms in total. The first-order chi connectivity index (χ1) is 14.0. The van der Waals surface area contributed by atoms with Crippen molar-refractivity contribution in [2.24, 2.45) is 0 Å². The predicted octanol–water partition coefficient (Wildman–Crippen LogP) is 3.09. The van der Waals surface area contributed by atoms with Crippen LogP contribution >= 0.6 is 0 Å². The van der Waals surface area contributed by atoms with Gasteiger partial charge >= 0.3 is 0 Å². The van der Waals surface area contributed by atoms with Crippen molar-refractivity contribution in [1.29, 1.82) is 0 Å². The van der Waals surface area contributed by atoms with Gasteiger partial charge in [-0.05, 0) is 23.6 Å². The molecular formula is C21H17N3O4S. The van der Waals surface area contributed by atoms with Crippen LogP contribution in [0.1, 0.15) is 0 Å². The Bertz CT molecular complexity index is 1320. The number of amides is 1. The van der Waals surface area contributed by atoms with Gasteiger partial charge in [0.2, 0.25) is 0 Å². The van der Waals surface area contributed by atoms with Crippen molar-refractivity contribution in [3.63, 3.8) is 0 Å². The second kappa shape index (κ2) is 7.50. The van der Waals surface area contributed by atoms with Crippen LogP contribution in [-0.4, -0.2) is 31.1 Å². The summed E-state index contributed by atoms with van der Waals surface area (Å²) in [5.74, 6) is -0.859. The summed E-state index contributed by atoms with van der Waals surface area (Å²) in [5.41, 5.74) is 2.42. The molecule has 0 aliphatic heterocycles. The quantitative estimate of drug-likeness (QED) is 0.391. The van der Waals surface area contributed by atoms with Crippen LogP contribution < -0.4 is 9.79 Å². The number of nitrogens with zero attached hydrogens (tertiary/aromatic N) is 2. The normalized spacial score (nSPS) is 11.5. The third-order valence-corrected chi connectivity index (χ3v) is 6.43. The highest BCUT2D eigenvalue weighted by atomic mass is 32.2. The number of aromatic nitrogens is 1. The Morgan fingerprint density at radius 1 is 0.966 bits per heavy atom. The largest absolute Gasteiger partial charge is 0.289 e. The lowest BCUT2D eigenvalue weighted by Crippen LogP contribution is -2.40. The lowest BCUT2D eigenvalue weighted by molar-refractivity contribution is -0.127. The summed E-state index contributed by atoms with van der Waals surface area (Å²) in [6.07, 6.45) is 1.40. The first-order valence-electron chi connectivity index (χ1n) is 8.79. The Hall–Kier alpha value is -3.49. The van der Waals surface area contributed by atoms with Crippen molar-refractivity contribution < 1.29 is 18.4 Å². The highest BCUT2D eigenvalue weighted by Crippen LogP contribution is 2.30. The van der Waals surface area contributed by atoms with Crippen molar-refractivity contribution in [1.82, 2.24) is 10.5 Å². The average molecular weight is 407 g/mol. The van der Waals surface area contributed by atoms with Gasteiger partial charge < -0.3 is 0 Å². The van der Waals surface area contributed by atoms with Crippen molar-refractivity contribution >= 4 is 43.3 Å². The van der Waals surface area contributed by atoms with Crippen LogP contribution in [-0.2, 0) is 14.8 Å². The molecule has 0 spiro atoms. The number of carbonyl (C=O) groups is 1. The number of hydroxylamine groups is 1. The number of sulfonamides is 1. The van der Waals surface area contributed by atoms with Gasteiger partial charge in [-0.2, -0.15) is 0 Å². The first-order valence-corrected chi connectivity index (χ1v) is 10.2. The molecule has 0 saturated heterocycles. The van der Waals surface area contributed by atoms with E-state index < -0.39 is 22.5 Å². The molecular weight excluding hydrogens is 390 g/mol. The van der Waals surface area contributed by atoms with Crippen LogP contribution in [0.25, 0.3) is 21.7 Å². The maximum atomic E-state index is 13.6. The number of hydrogen-bond acceptors (Lipinski definition) is 5. The van der Waals surface area contributed by atoms with E-state index in [9.17, 15) is 13.2 Å². The van der Waals surface area contributed by atoms with Crippen LogP contribution in [0, 0.1) is 0 Å². The van der Waals surface area contributed by atoms with Crippen molar-refractivity contribution in [2.45, 2.75) is 4.90 Å². The summed E-state index contributed by atoms with van der Waals surface area (Å²) in [4.78, 5) is 16.3. The molecule has 0 saturated carbocycles. The number of anilines is 1. The van der Waals surface area contributed by atoms with Gasteiger partial charge in [0, 0.05) is 10.8 Å². The second-order valence-electron chi connectivity index (χ2n) is 6.41. The number of para-hydroxylation sites is 1. The molecule has 0 atom stereocenters. The number of rotatable bonds is 5. The summed E-state index contributed by atoms with van der Waals surface area (Å²) >= 11 is 0. The minimum atomic E-state index is -4.13. The minimum absolute atomic E-state index is 0.0644. The molecule has 4 rings (SSSR count). The van der Waals surface area contributed by atoms with Crippen LogP contribution in [0.5, 0.6) is 0 Å². The highest BCUT2D eigenvalue weighted by Gasteiger charge is 2.29. The second-order valence-corrected chi connectivity index (χ2v) is 8.24. The number of benzene rings is 3. The molecule has 0 radical (unpaired) electrons. The number of fused-ring (bicyclic) bond motifs is 2. The van der Waals surface area contributed by atoms with E-state index in [0.717, 1.165) is 15.1 Å². The Labute approximate surface area is 167 Å². The lowest BCUT2D eigenvalue weighted by atomic mass is 10.1. The molecule has 0 unspecified atom stereocenters. The van der Waals surface area contributed by atoms with Gasteiger partial charge in [-0.15, -0.1) is 0 Å². The molecule has 3 aromatic carbocycles. The summed E-state index contributed by atoms with van der Waals surface area (Å²) in [5, 5.41) is 11.0. The first kappa shape index (κ1) is 18.9. The smallest absolute Gasteiger partial charge is 0.265 e. The van der Waals surface area contributed by atoms with Crippen LogP contribution in [0.4, 0.5) is 5.69 Å². The molecule has 0 aliphatic rings. The molecule has 1 amide bonds. The molecule has 2 N–H and O–H groups in total. The summed E-state index contributed by atoms with van der Waals surface area (Å²) in [7, 11) is -4.13. The van der Waals surface area contributed by atoms with E-state index in [1.807, 2.05) is 36.4 Å². The monoisotopic (exact) mass is 407 g/mol. The zero-order chi connectivity index (χ0) is 20.4. The summed E-state index contributed by atoms with van der Waals surface area (Å²) in [6, 6.07) is 21.0. The van der Waals surface area contributed by atoms with E-state index >= 15 is 0 Å². The number of nitrogens with one attached hydrogen (secondary N) is 1. The molecule has 4 aromatic rings.